The molecule has 3 aromatic carbocycles. The Morgan fingerprint density at radius 3 is 0.870 bits per heavy atom. The minimum absolute atomic E-state index is 0.0173. The molecule has 0 amide bonds. The molecule has 4 rings (SSSR count). The molecule has 1 saturated carbocycles. The number of nitrogens with one attached hydrogen (secondary N) is 6. The van der Waals surface area contributed by atoms with Crippen molar-refractivity contribution in [2.75, 3.05) is 16.0 Å². The van der Waals surface area contributed by atoms with Crippen LogP contribution in [0.2, 0.25) is 0 Å². The van der Waals surface area contributed by atoms with Crippen molar-refractivity contribution in [3.63, 3.8) is 0 Å². The molecule has 0 heterocycles. The Kier molecular flexibility index (Phi) is 13.1. The van der Waals surface area contributed by atoms with Crippen molar-refractivity contribution >= 4 is 86.1 Å². The van der Waals surface area contributed by atoms with Crippen LogP contribution >= 0.6 is 36.7 Å². The van der Waals surface area contributed by atoms with Gasteiger partial charge in [0.2, 0.25) is 0 Å². The summed E-state index contributed by atoms with van der Waals surface area (Å²) >= 11 is 17.2. The van der Waals surface area contributed by atoms with E-state index in [1.165, 1.54) is 36.4 Å². The fourth-order valence-electron chi connectivity index (χ4n) is 6.76. The third-order valence-corrected chi connectivity index (χ3v) is 10.7. The van der Waals surface area contributed by atoms with Crippen LogP contribution in [0, 0.1) is 48.1 Å². The zero-order valence-corrected chi connectivity index (χ0v) is 33.2. The number of nitro benzene ring substituents is 3. The van der Waals surface area contributed by atoms with E-state index in [0.29, 0.717) is 32.4 Å². The predicted molar refractivity (Wildman–Crippen MR) is 224 cm³/mol. The first-order valence-corrected chi connectivity index (χ1v) is 18.4. The van der Waals surface area contributed by atoms with Gasteiger partial charge in [-0.15, -0.1) is 0 Å². The molecule has 1 aliphatic rings. The Hall–Kier alpha value is -5.07. The van der Waals surface area contributed by atoms with Gasteiger partial charge in [-0.1, -0.05) is 0 Å². The minimum atomic E-state index is -0.511. The first-order chi connectivity index (χ1) is 25.1. The Morgan fingerprint density at radius 1 is 0.481 bits per heavy atom. The molecule has 0 atom stereocenters. The number of thiocarbonyl (C=S) groups is 3. The van der Waals surface area contributed by atoms with Crippen molar-refractivity contribution in [1.29, 1.82) is 0 Å². The summed E-state index contributed by atoms with van der Waals surface area (Å²) in [4.78, 5) is 32.0. The van der Waals surface area contributed by atoms with Crippen molar-refractivity contribution < 1.29 is 14.8 Å². The Balaban J connectivity index is 1.53. The van der Waals surface area contributed by atoms with Gasteiger partial charge in [-0.3, -0.25) is 30.3 Å². The van der Waals surface area contributed by atoms with E-state index in [-0.39, 0.29) is 34.8 Å². The summed E-state index contributed by atoms with van der Waals surface area (Å²) in [7, 11) is 0. The predicted octanol–water partition coefficient (Wildman–Crippen LogP) is 8.04. The second-order valence-electron chi connectivity index (χ2n) is 15.1. The van der Waals surface area contributed by atoms with Gasteiger partial charge in [0.25, 0.3) is 17.1 Å². The lowest BCUT2D eigenvalue weighted by molar-refractivity contribution is -0.385. The third-order valence-electron chi connectivity index (χ3n) is 10.1. The van der Waals surface area contributed by atoms with Gasteiger partial charge in [0, 0.05) is 70.1 Å². The number of non-ortho nitro benzene ring substituents is 3. The molecule has 0 saturated heterocycles. The van der Waals surface area contributed by atoms with E-state index >= 15 is 0 Å². The van der Waals surface area contributed by atoms with Gasteiger partial charge in [-0.2, -0.15) is 0 Å². The molecule has 18 heteroatoms. The van der Waals surface area contributed by atoms with Crippen molar-refractivity contribution in [2.45, 2.75) is 77.4 Å². The first-order valence-electron chi connectivity index (χ1n) is 17.2. The Labute approximate surface area is 329 Å². The van der Waals surface area contributed by atoms with Gasteiger partial charge in [-0.25, -0.2) is 0 Å². The van der Waals surface area contributed by atoms with E-state index in [0.717, 1.165) is 19.3 Å². The molecule has 0 aromatic heterocycles. The molecule has 0 radical (unpaired) electrons. The van der Waals surface area contributed by atoms with E-state index in [1.807, 2.05) is 0 Å². The molecular formula is C36H45N9O6S3. The molecule has 0 spiro atoms. The van der Waals surface area contributed by atoms with E-state index in [9.17, 15) is 30.3 Å². The van der Waals surface area contributed by atoms with E-state index in [4.69, 9.17) is 36.7 Å². The first kappa shape index (κ1) is 41.7. The van der Waals surface area contributed by atoms with Gasteiger partial charge < -0.3 is 31.9 Å². The largest absolute Gasteiger partial charge is 0.357 e. The highest BCUT2D eigenvalue weighted by atomic mass is 32.1. The lowest BCUT2D eigenvalue weighted by Gasteiger charge is -2.52. The zero-order valence-electron chi connectivity index (χ0n) is 30.8. The number of hydrogen-bond donors (Lipinski definition) is 6. The molecule has 1 fully saturated rings. The number of rotatable bonds is 12. The molecule has 288 valence electrons. The standard InChI is InChI=1S/C36H45N9O6S3/c1-34(2,40-31(52)37-25-7-13-28(14-8-25)43(46)47)22-19-23(35(3,4)41-32(53)38-26-9-15-29(16-10-26)44(48)49)21-24(20-22)36(5,6)42-33(54)39-27-11-17-30(18-12-27)45(50)51/h7-18,22-24H,19-21H2,1-6H3,(H2,37,40,52)(H2,38,41,53)(H2,39,42,54). The fourth-order valence-corrected chi connectivity index (χ4v) is 7.90. The van der Waals surface area contributed by atoms with E-state index < -0.39 is 31.4 Å². The zero-order chi connectivity index (χ0) is 40.0. The SMILES string of the molecule is CC(C)(NC(=S)Nc1ccc([N+](=O)[O-])cc1)C1CC(C(C)(C)NC(=S)Nc2ccc([N+](=O)[O-])cc2)CC(C(C)(C)NC(=S)Nc2ccc([N+](=O)[O-])cc2)C1. The van der Waals surface area contributed by atoms with Crippen LogP contribution in [0.25, 0.3) is 0 Å². The number of hydrogen-bond acceptors (Lipinski definition) is 9. The van der Waals surface area contributed by atoms with Crippen molar-refractivity contribution in [3.8, 4) is 0 Å². The summed E-state index contributed by atoms with van der Waals surface area (Å²) in [6.45, 7) is 12.6. The summed E-state index contributed by atoms with van der Waals surface area (Å²) in [5, 5.41) is 54.4. The molecule has 6 N–H and O–H groups in total. The summed E-state index contributed by atoms with van der Waals surface area (Å²) in [5.41, 5.74) is 0.268. The Morgan fingerprint density at radius 2 is 0.685 bits per heavy atom. The Bertz CT molecular complexity index is 1670. The summed E-state index contributed by atoms with van der Waals surface area (Å²) in [5.74, 6) is 0.271. The van der Waals surface area contributed by atoms with E-state index in [2.05, 4.69) is 73.4 Å². The molecule has 0 aliphatic heterocycles. The van der Waals surface area contributed by atoms with E-state index in [1.54, 1.807) is 36.4 Å². The van der Waals surface area contributed by atoms with Gasteiger partial charge >= 0.3 is 0 Å². The maximum atomic E-state index is 11.1. The van der Waals surface area contributed by atoms with Crippen LogP contribution in [0.5, 0.6) is 0 Å². The highest BCUT2D eigenvalue weighted by molar-refractivity contribution is 7.80. The van der Waals surface area contributed by atoms with Crippen LogP contribution in [0.4, 0.5) is 34.1 Å². The van der Waals surface area contributed by atoms with Crippen molar-refractivity contribution in [2.24, 2.45) is 17.8 Å². The quantitative estimate of drug-likeness (QED) is 0.0584. The fraction of sp³-hybridized carbons (Fsp3) is 0.417. The van der Waals surface area contributed by atoms with Gasteiger partial charge in [0.15, 0.2) is 15.3 Å². The van der Waals surface area contributed by atoms with Crippen molar-refractivity contribution in [1.82, 2.24) is 16.0 Å². The van der Waals surface area contributed by atoms with Crippen LogP contribution in [-0.2, 0) is 0 Å². The second-order valence-corrected chi connectivity index (χ2v) is 16.3. The average molecular weight is 796 g/mol. The van der Waals surface area contributed by atoms with Crippen LogP contribution in [0.15, 0.2) is 72.8 Å². The molecule has 1 aliphatic carbocycles. The monoisotopic (exact) mass is 795 g/mol. The average Bonchev–Trinajstić information content (AvgIpc) is 3.08. The lowest BCUT2D eigenvalue weighted by Crippen LogP contribution is -2.60. The number of benzene rings is 3. The lowest BCUT2D eigenvalue weighted by atomic mass is 9.60. The smallest absolute Gasteiger partial charge is 0.269 e. The number of nitrogens with zero attached hydrogens (tertiary/aromatic N) is 3. The number of anilines is 3. The number of nitro groups is 3. The van der Waals surface area contributed by atoms with Crippen LogP contribution in [0.1, 0.15) is 60.8 Å². The van der Waals surface area contributed by atoms with Gasteiger partial charge in [-0.05, 0) is 152 Å². The molecule has 15 nitrogen and oxygen atoms in total. The van der Waals surface area contributed by atoms with Gasteiger partial charge in [0.05, 0.1) is 14.8 Å². The van der Waals surface area contributed by atoms with Gasteiger partial charge in [0.1, 0.15) is 0 Å². The van der Waals surface area contributed by atoms with Crippen LogP contribution in [0.3, 0.4) is 0 Å². The molecule has 54 heavy (non-hydrogen) atoms. The molecule has 3 aromatic rings. The summed E-state index contributed by atoms with van der Waals surface area (Å²) in [6, 6.07) is 18.1. The molecular weight excluding hydrogens is 751 g/mol. The topological polar surface area (TPSA) is 202 Å². The van der Waals surface area contributed by atoms with Crippen molar-refractivity contribution in [3.05, 3.63) is 103 Å². The third kappa shape index (κ3) is 11.2. The van der Waals surface area contributed by atoms with Crippen LogP contribution in [-0.4, -0.2) is 46.7 Å². The highest BCUT2D eigenvalue weighted by Crippen LogP contribution is 2.46. The normalized spacial score (nSPS) is 17.3. The summed E-state index contributed by atoms with van der Waals surface area (Å²) in [6.07, 6.45) is 2.41. The maximum Gasteiger partial charge on any atom is 0.269 e. The highest BCUT2D eigenvalue weighted by Gasteiger charge is 2.47. The van der Waals surface area contributed by atoms with Crippen LogP contribution < -0.4 is 31.9 Å². The maximum absolute atomic E-state index is 11.1. The molecule has 0 bridgehead atoms. The second kappa shape index (κ2) is 16.9. The summed E-state index contributed by atoms with van der Waals surface area (Å²) < 4.78 is 0. The minimum Gasteiger partial charge on any atom is -0.357 e. The molecule has 0 unspecified atom stereocenters.